The van der Waals surface area contributed by atoms with E-state index in [1.54, 1.807) is 19.1 Å². The predicted molar refractivity (Wildman–Crippen MR) is 90.9 cm³/mol. The molecule has 1 N–H and O–H groups in total. The fraction of sp³-hybridized carbons (Fsp3) is 0.267. The predicted octanol–water partition coefficient (Wildman–Crippen LogP) is 1.33. The van der Waals surface area contributed by atoms with Crippen LogP contribution in [-0.4, -0.2) is 40.2 Å². The lowest BCUT2D eigenvalue weighted by atomic mass is 10.3. The third kappa shape index (κ3) is 3.20. The van der Waals surface area contributed by atoms with E-state index >= 15 is 0 Å². The van der Waals surface area contributed by atoms with E-state index in [1.165, 1.54) is 28.6 Å². The lowest BCUT2D eigenvalue weighted by molar-refractivity contribution is 0.414. The Bertz CT molecular complexity index is 1000. The van der Waals surface area contributed by atoms with E-state index in [2.05, 4.69) is 20.1 Å². The molecule has 10 heteroatoms. The minimum absolute atomic E-state index is 0.0979. The van der Waals surface area contributed by atoms with E-state index < -0.39 is 10.0 Å². The molecule has 0 aliphatic rings. The lowest BCUT2D eigenvalue weighted by Gasteiger charge is -2.13. The number of methoxy groups -OCH3 is 1. The number of rotatable bonds is 5. The van der Waals surface area contributed by atoms with Crippen molar-refractivity contribution in [3.8, 4) is 11.7 Å². The first kappa shape index (κ1) is 17.0. The maximum atomic E-state index is 12.7. The Morgan fingerprint density at radius 1 is 1.08 bits per heavy atom. The van der Waals surface area contributed by atoms with Crippen molar-refractivity contribution in [2.24, 2.45) is 0 Å². The van der Waals surface area contributed by atoms with Gasteiger partial charge in [0.05, 0.1) is 17.7 Å². The van der Waals surface area contributed by atoms with E-state index in [0.29, 0.717) is 11.6 Å². The standard InChI is InChI=1S/C15H18N6O3S/c1-10-9-11(2)20(18-10)15-17-16-12(3)21(15)19-25(22,23)14-7-5-13(24-4)6-8-14/h5-9,19H,1-4H3. The van der Waals surface area contributed by atoms with E-state index in [1.807, 2.05) is 19.9 Å². The molecular formula is C15H18N6O3S. The maximum Gasteiger partial charge on any atom is 0.275 e. The molecule has 0 atom stereocenters. The van der Waals surface area contributed by atoms with Gasteiger partial charge in [0.15, 0.2) is 5.82 Å². The Balaban J connectivity index is 2.00. The normalized spacial score (nSPS) is 11.5. The molecule has 0 fully saturated rings. The van der Waals surface area contributed by atoms with Gasteiger partial charge in [-0.2, -0.15) is 18.2 Å². The van der Waals surface area contributed by atoms with Gasteiger partial charge in [-0.05, 0) is 51.1 Å². The number of ether oxygens (including phenoxy) is 1. The van der Waals surface area contributed by atoms with Crippen LogP contribution in [0.5, 0.6) is 5.75 Å². The first-order valence-electron chi connectivity index (χ1n) is 7.44. The number of benzene rings is 1. The molecule has 3 aromatic rings. The quantitative estimate of drug-likeness (QED) is 0.734. The van der Waals surface area contributed by atoms with Gasteiger partial charge in [-0.15, -0.1) is 10.2 Å². The minimum Gasteiger partial charge on any atom is -0.497 e. The fourth-order valence-electron chi connectivity index (χ4n) is 2.35. The van der Waals surface area contributed by atoms with Crippen LogP contribution < -0.4 is 9.57 Å². The molecule has 0 bridgehead atoms. The van der Waals surface area contributed by atoms with Crippen molar-refractivity contribution in [3.05, 3.63) is 47.5 Å². The number of aryl methyl sites for hydroxylation is 3. The third-order valence-electron chi connectivity index (χ3n) is 3.59. The van der Waals surface area contributed by atoms with Crippen LogP contribution in [0, 0.1) is 20.8 Å². The van der Waals surface area contributed by atoms with Gasteiger partial charge in [0.2, 0.25) is 0 Å². The first-order valence-corrected chi connectivity index (χ1v) is 8.92. The summed E-state index contributed by atoms with van der Waals surface area (Å²) in [6.45, 7) is 5.35. The number of sulfonamides is 1. The second kappa shape index (κ2) is 6.20. The Morgan fingerprint density at radius 3 is 2.32 bits per heavy atom. The summed E-state index contributed by atoms with van der Waals surface area (Å²) in [5.74, 6) is 1.22. The van der Waals surface area contributed by atoms with Crippen LogP contribution in [0.3, 0.4) is 0 Å². The molecule has 2 aromatic heterocycles. The third-order valence-corrected chi connectivity index (χ3v) is 4.90. The van der Waals surface area contributed by atoms with Gasteiger partial charge in [-0.3, -0.25) is 0 Å². The van der Waals surface area contributed by atoms with Gasteiger partial charge in [-0.25, -0.2) is 9.51 Å². The van der Waals surface area contributed by atoms with Gasteiger partial charge in [0.25, 0.3) is 16.0 Å². The van der Waals surface area contributed by atoms with Gasteiger partial charge >= 0.3 is 0 Å². The van der Waals surface area contributed by atoms with Gasteiger partial charge in [0.1, 0.15) is 5.75 Å². The Labute approximate surface area is 145 Å². The van der Waals surface area contributed by atoms with E-state index in [-0.39, 0.29) is 10.8 Å². The Hall–Kier alpha value is -2.88. The molecule has 25 heavy (non-hydrogen) atoms. The first-order chi connectivity index (χ1) is 11.8. The molecule has 0 radical (unpaired) electrons. The van der Waals surface area contributed by atoms with Crippen LogP contribution in [0.4, 0.5) is 0 Å². The van der Waals surface area contributed by atoms with E-state index in [9.17, 15) is 8.42 Å². The molecule has 0 saturated carbocycles. The summed E-state index contributed by atoms with van der Waals surface area (Å²) in [7, 11) is -2.31. The lowest BCUT2D eigenvalue weighted by Crippen LogP contribution is -2.27. The highest BCUT2D eigenvalue weighted by atomic mass is 32.2. The minimum atomic E-state index is -3.83. The number of nitrogens with zero attached hydrogens (tertiary/aromatic N) is 5. The summed E-state index contributed by atoms with van der Waals surface area (Å²) in [6, 6.07) is 7.95. The number of hydrogen-bond acceptors (Lipinski definition) is 6. The molecule has 0 spiro atoms. The highest BCUT2D eigenvalue weighted by Gasteiger charge is 2.20. The van der Waals surface area contributed by atoms with Crippen molar-refractivity contribution in [3.63, 3.8) is 0 Å². The molecule has 3 rings (SSSR count). The second-order valence-electron chi connectivity index (χ2n) is 5.49. The molecule has 2 heterocycles. The summed E-state index contributed by atoms with van der Waals surface area (Å²) >= 11 is 0. The zero-order valence-electron chi connectivity index (χ0n) is 14.3. The van der Waals surface area contributed by atoms with Crippen molar-refractivity contribution >= 4 is 10.0 Å². The van der Waals surface area contributed by atoms with Crippen molar-refractivity contribution in [2.75, 3.05) is 11.9 Å². The van der Waals surface area contributed by atoms with Crippen LogP contribution in [0.1, 0.15) is 17.2 Å². The summed E-state index contributed by atoms with van der Waals surface area (Å²) in [5.41, 5.74) is 1.61. The highest BCUT2D eigenvalue weighted by Crippen LogP contribution is 2.17. The van der Waals surface area contributed by atoms with E-state index in [4.69, 9.17) is 4.74 Å². The Morgan fingerprint density at radius 2 is 1.76 bits per heavy atom. The van der Waals surface area contributed by atoms with Crippen LogP contribution in [-0.2, 0) is 10.0 Å². The molecule has 9 nitrogen and oxygen atoms in total. The largest absolute Gasteiger partial charge is 0.497 e. The molecule has 0 unspecified atom stereocenters. The zero-order chi connectivity index (χ0) is 18.2. The summed E-state index contributed by atoms with van der Waals surface area (Å²) in [4.78, 5) is 2.58. The van der Waals surface area contributed by atoms with Crippen molar-refractivity contribution in [1.82, 2.24) is 24.7 Å². The second-order valence-corrected chi connectivity index (χ2v) is 7.15. The van der Waals surface area contributed by atoms with Crippen molar-refractivity contribution < 1.29 is 13.2 Å². The molecular weight excluding hydrogens is 344 g/mol. The number of hydrogen-bond donors (Lipinski definition) is 1. The molecule has 0 amide bonds. The molecule has 0 saturated heterocycles. The van der Waals surface area contributed by atoms with Crippen LogP contribution in [0.25, 0.3) is 5.95 Å². The average Bonchev–Trinajstić information content (AvgIpc) is 3.09. The highest BCUT2D eigenvalue weighted by molar-refractivity contribution is 7.92. The smallest absolute Gasteiger partial charge is 0.275 e. The topological polar surface area (TPSA) is 104 Å². The molecule has 0 aliphatic carbocycles. The monoisotopic (exact) mass is 362 g/mol. The van der Waals surface area contributed by atoms with Crippen LogP contribution in [0.15, 0.2) is 35.2 Å². The van der Waals surface area contributed by atoms with Gasteiger partial charge < -0.3 is 4.74 Å². The molecule has 0 aliphatic heterocycles. The summed E-state index contributed by atoms with van der Waals surface area (Å²) in [5, 5.41) is 12.3. The number of nitrogens with one attached hydrogen (secondary N) is 1. The van der Waals surface area contributed by atoms with Gasteiger partial charge in [-0.1, -0.05) is 0 Å². The number of aromatic nitrogens is 5. The van der Waals surface area contributed by atoms with Crippen LogP contribution in [0.2, 0.25) is 0 Å². The van der Waals surface area contributed by atoms with E-state index in [0.717, 1.165) is 11.4 Å². The van der Waals surface area contributed by atoms with Gasteiger partial charge in [0, 0.05) is 5.69 Å². The summed E-state index contributed by atoms with van der Waals surface area (Å²) < 4.78 is 33.2. The Kier molecular flexibility index (Phi) is 4.21. The maximum absolute atomic E-state index is 12.7. The summed E-state index contributed by atoms with van der Waals surface area (Å²) in [6.07, 6.45) is 0. The molecule has 1 aromatic carbocycles. The fourth-order valence-corrected chi connectivity index (χ4v) is 3.41. The van der Waals surface area contributed by atoms with Crippen molar-refractivity contribution in [1.29, 1.82) is 0 Å². The molecule has 132 valence electrons. The SMILES string of the molecule is COc1ccc(S(=O)(=O)Nn2c(C)nnc2-n2nc(C)cc2C)cc1. The van der Waals surface area contributed by atoms with Crippen LogP contribution >= 0.6 is 0 Å². The van der Waals surface area contributed by atoms with Crippen molar-refractivity contribution in [2.45, 2.75) is 25.7 Å². The zero-order valence-corrected chi connectivity index (χ0v) is 15.1. The average molecular weight is 362 g/mol.